The van der Waals surface area contributed by atoms with Crippen LogP contribution in [0.5, 0.6) is 0 Å². The van der Waals surface area contributed by atoms with Gasteiger partial charge in [0, 0.05) is 30.2 Å². The van der Waals surface area contributed by atoms with Gasteiger partial charge in [0.2, 0.25) is 0 Å². The van der Waals surface area contributed by atoms with Crippen molar-refractivity contribution in [2.75, 3.05) is 13.1 Å². The Hall–Kier alpha value is -0.0800. The molecule has 0 aromatic heterocycles. The van der Waals surface area contributed by atoms with E-state index >= 15 is 0 Å². The molecule has 118 valence electrons. The van der Waals surface area contributed by atoms with Crippen molar-refractivity contribution in [1.29, 1.82) is 0 Å². The molecular formula is C18H36N2. The van der Waals surface area contributed by atoms with Gasteiger partial charge < -0.3 is 5.32 Å². The van der Waals surface area contributed by atoms with Gasteiger partial charge in [-0.15, -0.1) is 0 Å². The minimum Gasteiger partial charge on any atom is -0.308 e. The van der Waals surface area contributed by atoms with Gasteiger partial charge in [0.05, 0.1) is 0 Å². The third kappa shape index (κ3) is 3.06. The van der Waals surface area contributed by atoms with Gasteiger partial charge in [-0.25, -0.2) is 0 Å². The number of piperazine rings is 1. The average molecular weight is 280 g/mol. The molecule has 0 aromatic rings. The zero-order chi connectivity index (χ0) is 14.6. The maximum Gasteiger partial charge on any atom is 0.0337 e. The highest BCUT2D eigenvalue weighted by molar-refractivity contribution is 5.06. The van der Waals surface area contributed by atoms with Crippen molar-refractivity contribution in [2.45, 2.75) is 103 Å². The summed E-state index contributed by atoms with van der Waals surface area (Å²) >= 11 is 0. The van der Waals surface area contributed by atoms with Crippen LogP contribution < -0.4 is 5.32 Å². The average Bonchev–Trinajstić information content (AvgIpc) is 2.49. The van der Waals surface area contributed by atoms with E-state index in [0.717, 1.165) is 6.04 Å². The van der Waals surface area contributed by atoms with Crippen LogP contribution in [-0.4, -0.2) is 35.1 Å². The van der Waals surface area contributed by atoms with Crippen LogP contribution in [0.1, 0.15) is 85.5 Å². The topological polar surface area (TPSA) is 15.3 Å². The van der Waals surface area contributed by atoms with Gasteiger partial charge in [-0.1, -0.05) is 46.5 Å². The fourth-order valence-corrected chi connectivity index (χ4v) is 4.60. The molecular weight excluding hydrogens is 244 g/mol. The standard InChI is InChI=1S/C18H36N2/c1-5-11-16(4)20-15-17(6-2,7-3)19-14-18(20)12-9-8-10-13-18/h16,19H,5-15H2,1-4H3. The molecule has 2 fully saturated rings. The van der Waals surface area contributed by atoms with Crippen LogP contribution in [0.25, 0.3) is 0 Å². The van der Waals surface area contributed by atoms with Gasteiger partial charge in [-0.3, -0.25) is 4.90 Å². The van der Waals surface area contributed by atoms with E-state index in [9.17, 15) is 0 Å². The number of hydrogen-bond acceptors (Lipinski definition) is 2. The van der Waals surface area contributed by atoms with Crippen LogP contribution in [0.3, 0.4) is 0 Å². The van der Waals surface area contributed by atoms with Crippen LogP contribution in [0, 0.1) is 0 Å². The second-order valence-corrected chi connectivity index (χ2v) is 7.39. The number of hydrogen-bond donors (Lipinski definition) is 1. The molecule has 0 amide bonds. The lowest BCUT2D eigenvalue weighted by Gasteiger charge is -2.58. The molecule has 1 heterocycles. The Balaban J connectivity index is 2.19. The lowest BCUT2D eigenvalue weighted by atomic mass is 9.74. The summed E-state index contributed by atoms with van der Waals surface area (Å²) in [7, 11) is 0. The summed E-state index contributed by atoms with van der Waals surface area (Å²) in [6.45, 7) is 12.0. The minimum atomic E-state index is 0.366. The second-order valence-electron chi connectivity index (χ2n) is 7.39. The maximum absolute atomic E-state index is 3.98. The molecule has 1 unspecified atom stereocenters. The molecule has 1 spiro atoms. The molecule has 1 atom stereocenters. The highest BCUT2D eigenvalue weighted by Gasteiger charge is 2.47. The third-order valence-corrected chi connectivity index (χ3v) is 6.25. The van der Waals surface area contributed by atoms with E-state index in [1.807, 2.05) is 0 Å². The Morgan fingerprint density at radius 2 is 1.70 bits per heavy atom. The molecule has 0 aromatic carbocycles. The first-order valence-electron chi connectivity index (χ1n) is 9.13. The van der Waals surface area contributed by atoms with Gasteiger partial charge >= 0.3 is 0 Å². The van der Waals surface area contributed by atoms with Crippen molar-refractivity contribution in [3.63, 3.8) is 0 Å². The fourth-order valence-electron chi connectivity index (χ4n) is 4.60. The van der Waals surface area contributed by atoms with Crippen molar-refractivity contribution < 1.29 is 0 Å². The van der Waals surface area contributed by atoms with E-state index in [2.05, 4.69) is 37.9 Å². The summed E-state index contributed by atoms with van der Waals surface area (Å²) < 4.78 is 0. The lowest BCUT2D eigenvalue weighted by Crippen LogP contribution is -2.71. The molecule has 1 saturated carbocycles. The summed E-state index contributed by atoms with van der Waals surface area (Å²) in [4.78, 5) is 2.93. The fraction of sp³-hybridized carbons (Fsp3) is 1.00. The molecule has 2 aliphatic rings. The van der Waals surface area contributed by atoms with Crippen molar-refractivity contribution in [3.8, 4) is 0 Å². The SMILES string of the molecule is CCCC(C)N1CC(CC)(CC)NCC12CCCCC2. The highest BCUT2D eigenvalue weighted by atomic mass is 15.3. The van der Waals surface area contributed by atoms with Crippen LogP contribution >= 0.6 is 0 Å². The Morgan fingerprint density at radius 1 is 1.05 bits per heavy atom. The van der Waals surface area contributed by atoms with Crippen LogP contribution in [0.15, 0.2) is 0 Å². The molecule has 0 radical (unpaired) electrons. The molecule has 0 bridgehead atoms. The van der Waals surface area contributed by atoms with Crippen LogP contribution in [0.2, 0.25) is 0 Å². The van der Waals surface area contributed by atoms with E-state index in [-0.39, 0.29) is 0 Å². The molecule has 1 saturated heterocycles. The summed E-state index contributed by atoms with van der Waals surface area (Å²) in [6, 6.07) is 0.748. The number of nitrogens with zero attached hydrogens (tertiary/aromatic N) is 1. The molecule has 1 aliphatic heterocycles. The first-order chi connectivity index (χ1) is 9.61. The monoisotopic (exact) mass is 280 g/mol. The van der Waals surface area contributed by atoms with E-state index < -0.39 is 0 Å². The molecule has 1 aliphatic carbocycles. The normalized spacial score (nSPS) is 27.6. The first-order valence-corrected chi connectivity index (χ1v) is 9.13. The van der Waals surface area contributed by atoms with E-state index in [0.29, 0.717) is 11.1 Å². The highest BCUT2D eigenvalue weighted by Crippen LogP contribution is 2.40. The van der Waals surface area contributed by atoms with Gasteiger partial charge in [0.25, 0.3) is 0 Å². The minimum absolute atomic E-state index is 0.366. The predicted octanol–water partition coefficient (Wildman–Crippen LogP) is 4.34. The maximum atomic E-state index is 3.98. The first kappa shape index (κ1) is 16.3. The smallest absolute Gasteiger partial charge is 0.0337 e. The Morgan fingerprint density at radius 3 is 2.25 bits per heavy atom. The van der Waals surface area contributed by atoms with Crippen LogP contribution in [-0.2, 0) is 0 Å². The molecule has 20 heavy (non-hydrogen) atoms. The molecule has 1 N–H and O–H groups in total. The zero-order valence-electron chi connectivity index (χ0n) is 14.3. The molecule has 2 rings (SSSR count). The van der Waals surface area contributed by atoms with Crippen molar-refractivity contribution >= 4 is 0 Å². The lowest BCUT2D eigenvalue weighted by molar-refractivity contribution is -0.0478. The summed E-state index contributed by atoms with van der Waals surface area (Å²) in [5, 5.41) is 3.98. The number of nitrogens with one attached hydrogen (secondary N) is 1. The Kier molecular flexibility index (Phi) is 5.53. The van der Waals surface area contributed by atoms with Gasteiger partial charge in [0.1, 0.15) is 0 Å². The second kappa shape index (κ2) is 6.79. The summed E-state index contributed by atoms with van der Waals surface area (Å²) in [6.07, 6.45) is 12.3. The van der Waals surface area contributed by atoms with E-state index in [1.165, 1.54) is 70.9 Å². The van der Waals surface area contributed by atoms with Crippen molar-refractivity contribution in [2.24, 2.45) is 0 Å². The van der Waals surface area contributed by atoms with E-state index in [4.69, 9.17) is 0 Å². The Bertz CT molecular complexity index is 290. The Labute approximate surface area is 126 Å². The molecule has 2 nitrogen and oxygen atoms in total. The van der Waals surface area contributed by atoms with Gasteiger partial charge in [-0.2, -0.15) is 0 Å². The zero-order valence-corrected chi connectivity index (χ0v) is 14.3. The van der Waals surface area contributed by atoms with Gasteiger partial charge in [-0.05, 0) is 39.0 Å². The summed E-state index contributed by atoms with van der Waals surface area (Å²) in [5.41, 5.74) is 0.839. The third-order valence-electron chi connectivity index (χ3n) is 6.25. The quantitative estimate of drug-likeness (QED) is 0.806. The van der Waals surface area contributed by atoms with Crippen molar-refractivity contribution in [3.05, 3.63) is 0 Å². The number of rotatable bonds is 5. The van der Waals surface area contributed by atoms with Crippen LogP contribution in [0.4, 0.5) is 0 Å². The predicted molar refractivity (Wildman–Crippen MR) is 88.2 cm³/mol. The summed E-state index contributed by atoms with van der Waals surface area (Å²) in [5.74, 6) is 0. The largest absolute Gasteiger partial charge is 0.308 e. The molecule has 2 heteroatoms. The van der Waals surface area contributed by atoms with Gasteiger partial charge in [0.15, 0.2) is 0 Å². The van der Waals surface area contributed by atoms with E-state index in [1.54, 1.807) is 0 Å². The van der Waals surface area contributed by atoms with Crippen molar-refractivity contribution in [1.82, 2.24) is 10.2 Å².